The standard InChI is InChI=1S/C24H25N3O6/c1-24(2,3)33-23(29)25-21-9-6-10-22(28)26(21)15-16-11-12-20(32-4)19(13-16)17-7-5-8-18(14-17)27(30)31/h5-14H,15H2,1-4H3,(H,25,29). The van der Waals surface area contributed by atoms with Gasteiger partial charge in [-0.05, 0) is 50.1 Å². The summed E-state index contributed by atoms with van der Waals surface area (Å²) >= 11 is 0. The van der Waals surface area contributed by atoms with Gasteiger partial charge in [0.2, 0.25) is 0 Å². The molecule has 0 aliphatic heterocycles. The minimum absolute atomic E-state index is 0.0388. The first kappa shape index (κ1) is 23.5. The molecule has 0 fully saturated rings. The molecule has 9 heteroatoms. The van der Waals surface area contributed by atoms with Crippen LogP contribution in [0.1, 0.15) is 26.3 Å². The van der Waals surface area contributed by atoms with Crippen molar-refractivity contribution >= 4 is 17.6 Å². The van der Waals surface area contributed by atoms with E-state index in [1.54, 1.807) is 63.2 Å². The average molecular weight is 451 g/mol. The van der Waals surface area contributed by atoms with Crippen molar-refractivity contribution in [1.82, 2.24) is 4.57 Å². The van der Waals surface area contributed by atoms with Crippen LogP contribution in [0.25, 0.3) is 11.1 Å². The van der Waals surface area contributed by atoms with Crippen LogP contribution in [-0.4, -0.2) is 28.3 Å². The zero-order chi connectivity index (χ0) is 24.2. The molecule has 1 aromatic heterocycles. The summed E-state index contributed by atoms with van der Waals surface area (Å²) < 4.78 is 12.1. The van der Waals surface area contributed by atoms with Crippen molar-refractivity contribution in [1.29, 1.82) is 0 Å². The molecule has 3 rings (SSSR count). The molecule has 1 amide bonds. The number of nitrogens with one attached hydrogen (secondary N) is 1. The minimum Gasteiger partial charge on any atom is -0.496 e. The number of methoxy groups -OCH3 is 1. The summed E-state index contributed by atoms with van der Waals surface area (Å²) in [5.74, 6) is 0.816. The molecule has 0 aliphatic rings. The zero-order valence-electron chi connectivity index (χ0n) is 18.8. The Morgan fingerprint density at radius 2 is 1.82 bits per heavy atom. The van der Waals surface area contributed by atoms with Crippen LogP contribution in [0.15, 0.2) is 65.5 Å². The van der Waals surface area contributed by atoms with Crippen LogP contribution in [0, 0.1) is 10.1 Å². The molecule has 0 saturated carbocycles. The Morgan fingerprint density at radius 1 is 1.09 bits per heavy atom. The quantitative estimate of drug-likeness (QED) is 0.424. The third-order valence-electron chi connectivity index (χ3n) is 4.65. The Bertz CT molecular complexity index is 1240. The lowest BCUT2D eigenvalue weighted by atomic mass is 10.0. The number of pyridine rings is 1. The van der Waals surface area contributed by atoms with Crippen LogP contribution < -0.4 is 15.6 Å². The van der Waals surface area contributed by atoms with Crippen LogP contribution >= 0.6 is 0 Å². The highest BCUT2D eigenvalue weighted by atomic mass is 16.6. The summed E-state index contributed by atoms with van der Waals surface area (Å²) in [5, 5.41) is 13.8. The van der Waals surface area contributed by atoms with E-state index in [2.05, 4.69) is 5.32 Å². The van der Waals surface area contributed by atoms with Crippen LogP contribution in [0.3, 0.4) is 0 Å². The molecule has 0 radical (unpaired) electrons. The number of nitro groups is 1. The Hall–Kier alpha value is -4.14. The van der Waals surface area contributed by atoms with Gasteiger partial charge in [0.15, 0.2) is 0 Å². The largest absolute Gasteiger partial charge is 0.496 e. The number of hydrogen-bond acceptors (Lipinski definition) is 6. The Morgan fingerprint density at radius 3 is 2.48 bits per heavy atom. The lowest BCUT2D eigenvalue weighted by Gasteiger charge is -2.21. The van der Waals surface area contributed by atoms with E-state index >= 15 is 0 Å². The number of nitrogens with zero attached hydrogens (tertiary/aromatic N) is 2. The van der Waals surface area contributed by atoms with Gasteiger partial charge in [-0.1, -0.05) is 24.3 Å². The fourth-order valence-corrected chi connectivity index (χ4v) is 3.25. The van der Waals surface area contributed by atoms with Crippen molar-refractivity contribution in [3.8, 4) is 16.9 Å². The van der Waals surface area contributed by atoms with Crippen molar-refractivity contribution in [2.75, 3.05) is 12.4 Å². The molecule has 0 saturated heterocycles. The van der Waals surface area contributed by atoms with Crippen molar-refractivity contribution in [2.24, 2.45) is 0 Å². The minimum atomic E-state index is -0.687. The Labute approximate surface area is 190 Å². The van der Waals surface area contributed by atoms with Crippen molar-refractivity contribution < 1.29 is 19.2 Å². The second-order valence-corrected chi connectivity index (χ2v) is 8.30. The molecule has 1 N–H and O–H groups in total. The second-order valence-electron chi connectivity index (χ2n) is 8.30. The van der Waals surface area contributed by atoms with Gasteiger partial charge < -0.3 is 9.47 Å². The van der Waals surface area contributed by atoms with Crippen LogP contribution in [0.5, 0.6) is 5.75 Å². The van der Waals surface area contributed by atoms with Gasteiger partial charge in [0.25, 0.3) is 11.2 Å². The van der Waals surface area contributed by atoms with E-state index in [1.165, 1.54) is 29.9 Å². The van der Waals surface area contributed by atoms with Gasteiger partial charge in [0.05, 0.1) is 18.6 Å². The molecule has 9 nitrogen and oxygen atoms in total. The lowest BCUT2D eigenvalue weighted by Crippen LogP contribution is -2.30. The van der Waals surface area contributed by atoms with Gasteiger partial charge in [-0.3, -0.25) is 24.8 Å². The molecule has 0 spiro atoms. The van der Waals surface area contributed by atoms with E-state index in [0.717, 1.165) is 5.56 Å². The van der Waals surface area contributed by atoms with Gasteiger partial charge in [-0.25, -0.2) is 4.79 Å². The number of hydrogen-bond donors (Lipinski definition) is 1. The van der Waals surface area contributed by atoms with Gasteiger partial charge in [0.1, 0.15) is 17.2 Å². The number of non-ortho nitro benzene ring substituents is 1. The van der Waals surface area contributed by atoms with E-state index in [0.29, 0.717) is 16.9 Å². The van der Waals surface area contributed by atoms with E-state index < -0.39 is 16.6 Å². The molecule has 0 unspecified atom stereocenters. The second kappa shape index (κ2) is 9.56. The summed E-state index contributed by atoms with van der Waals surface area (Å²) in [5.41, 5.74) is 0.949. The Kier molecular flexibility index (Phi) is 6.81. The molecular weight excluding hydrogens is 426 g/mol. The van der Waals surface area contributed by atoms with Crippen molar-refractivity contribution in [2.45, 2.75) is 32.9 Å². The molecule has 0 aliphatic carbocycles. The number of aromatic nitrogens is 1. The molecule has 1 heterocycles. The molecule has 2 aromatic carbocycles. The van der Waals surface area contributed by atoms with Crippen LogP contribution in [0.2, 0.25) is 0 Å². The highest BCUT2D eigenvalue weighted by Crippen LogP contribution is 2.33. The number of nitro benzene ring substituents is 1. The maximum absolute atomic E-state index is 12.6. The zero-order valence-corrected chi connectivity index (χ0v) is 18.8. The molecule has 172 valence electrons. The smallest absolute Gasteiger partial charge is 0.413 e. The maximum Gasteiger partial charge on any atom is 0.413 e. The molecule has 3 aromatic rings. The molecule has 0 bridgehead atoms. The van der Waals surface area contributed by atoms with Gasteiger partial charge in [0, 0.05) is 23.8 Å². The predicted octanol–water partition coefficient (Wildman–Crippen LogP) is 4.83. The molecule has 33 heavy (non-hydrogen) atoms. The van der Waals surface area contributed by atoms with Crippen LogP contribution in [-0.2, 0) is 11.3 Å². The van der Waals surface area contributed by atoms with Crippen LogP contribution in [0.4, 0.5) is 16.3 Å². The number of benzene rings is 2. The third kappa shape index (κ3) is 5.97. The topological polar surface area (TPSA) is 113 Å². The third-order valence-corrected chi connectivity index (χ3v) is 4.65. The maximum atomic E-state index is 12.6. The first-order valence-corrected chi connectivity index (χ1v) is 10.2. The number of carbonyl (C=O) groups is 1. The van der Waals surface area contributed by atoms with Crippen molar-refractivity contribution in [3.05, 3.63) is 86.7 Å². The summed E-state index contributed by atoms with van der Waals surface area (Å²) in [7, 11) is 1.51. The number of amides is 1. The lowest BCUT2D eigenvalue weighted by molar-refractivity contribution is -0.384. The molecule has 0 atom stereocenters. The summed E-state index contributed by atoms with van der Waals surface area (Å²) in [6.45, 7) is 5.39. The highest BCUT2D eigenvalue weighted by molar-refractivity contribution is 5.83. The normalized spacial score (nSPS) is 11.0. The SMILES string of the molecule is COc1ccc(Cn2c(NC(=O)OC(C)(C)C)cccc2=O)cc1-c1cccc([N+](=O)[O-])c1. The number of anilines is 1. The van der Waals surface area contributed by atoms with Gasteiger partial charge >= 0.3 is 6.09 Å². The number of rotatable bonds is 6. The van der Waals surface area contributed by atoms with E-state index in [1.807, 2.05) is 0 Å². The summed E-state index contributed by atoms with van der Waals surface area (Å²) in [6, 6.07) is 16.1. The monoisotopic (exact) mass is 451 g/mol. The van der Waals surface area contributed by atoms with E-state index in [-0.39, 0.29) is 23.6 Å². The first-order valence-electron chi connectivity index (χ1n) is 10.2. The van der Waals surface area contributed by atoms with Crippen molar-refractivity contribution in [3.63, 3.8) is 0 Å². The number of carbonyl (C=O) groups excluding carboxylic acids is 1. The summed E-state index contributed by atoms with van der Waals surface area (Å²) in [4.78, 5) is 35.5. The van der Waals surface area contributed by atoms with Gasteiger partial charge in [-0.15, -0.1) is 0 Å². The number of ether oxygens (including phenoxy) is 2. The molecular formula is C24H25N3O6. The average Bonchev–Trinajstić information content (AvgIpc) is 2.74. The first-order chi connectivity index (χ1) is 15.6. The summed E-state index contributed by atoms with van der Waals surface area (Å²) in [6.07, 6.45) is -0.672. The van der Waals surface area contributed by atoms with Gasteiger partial charge in [-0.2, -0.15) is 0 Å². The highest BCUT2D eigenvalue weighted by Gasteiger charge is 2.18. The predicted molar refractivity (Wildman–Crippen MR) is 125 cm³/mol. The van der Waals surface area contributed by atoms with E-state index in [9.17, 15) is 19.7 Å². The fraction of sp³-hybridized carbons (Fsp3) is 0.250. The Balaban J connectivity index is 1.97. The fourth-order valence-electron chi connectivity index (χ4n) is 3.25. The van der Waals surface area contributed by atoms with E-state index in [4.69, 9.17) is 9.47 Å².